The molecule has 0 amide bonds. The predicted molar refractivity (Wildman–Crippen MR) is 85.5 cm³/mol. The second kappa shape index (κ2) is 7.18. The van der Waals surface area contributed by atoms with Gasteiger partial charge in [-0.3, -0.25) is 0 Å². The molecule has 1 aromatic rings. The Bertz CT molecular complexity index is 410. The van der Waals surface area contributed by atoms with E-state index in [0.717, 1.165) is 30.9 Å². The van der Waals surface area contributed by atoms with Crippen molar-refractivity contribution in [3.05, 3.63) is 18.3 Å². The lowest BCUT2D eigenvalue weighted by Crippen LogP contribution is -2.46. The molecule has 5 heteroatoms. The van der Waals surface area contributed by atoms with E-state index in [9.17, 15) is 0 Å². The molecule has 116 valence electrons. The number of nitrogens with zero attached hydrogens (tertiary/aromatic N) is 4. The molecule has 3 rings (SSSR count). The minimum absolute atomic E-state index is 0.729. The molecule has 2 aliphatic heterocycles. The van der Waals surface area contributed by atoms with E-state index in [1.807, 2.05) is 6.07 Å². The van der Waals surface area contributed by atoms with Crippen molar-refractivity contribution in [1.82, 2.24) is 20.4 Å². The molecule has 2 fully saturated rings. The summed E-state index contributed by atoms with van der Waals surface area (Å²) >= 11 is 0. The molecule has 0 radical (unpaired) electrons. The van der Waals surface area contributed by atoms with E-state index >= 15 is 0 Å². The Labute approximate surface area is 127 Å². The van der Waals surface area contributed by atoms with Crippen molar-refractivity contribution in [3.8, 4) is 0 Å². The zero-order chi connectivity index (χ0) is 14.5. The predicted octanol–water partition coefficient (Wildman–Crippen LogP) is 1.38. The molecule has 2 aliphatic rings. The highest BCUT2D eigenvalue weighted by Crippen LogP contribution is 2.22. The van der Waals surface area contributed by atoms with E-state index in [2.05, 4.69) is 38.4 Å². The number of hydrogen-bond donors (Lipinski definition) is 1. The van der Waals surface area contributed by atoms with Crippen molar-refractivity contribution < 1.29 is 0 Å². The van der Waals surface area contributed by atoms with E-state index in [-0.39, 0.29) is 0 Å². The van der Waals surface area contributed by atoms with Crippen LogP contribution in [0.15, 0.2) is 18.3 Å². The maximum absolute atomic E-state index is 4.22. The van der Waals surface area contributed by atoms with E-state index in [4.69, 9.17) is 0 Å². The van der Waals surface area contributed by atoms with Gasteiger partial charge in [-0.15, -0.1) is 5.10 Å². The lowest BCUT2D eigenvalue weighted by atomic mass is 9.95. The Morgan fingerprint density at radius 2 is 2.00 bits per heavy atom. The van der Waals surface area contributed by atoms with E-state index in [1.165, 1.54) is 45.3 Å². The van der Waals surface area contributed by atoms with Gasteiger partial charge in [0, 0.05) is 31.9 Å². The smallest absolute Gasteiger partial charge is 0.151 e. The summed E-state index contributed by atoms with van der Waals surface area (Å²) in [5.74, 6) is 1.91. The maximum atomic E-state index is 4.22. The van der Waals surface area contributed by atoms with Gasteiger partial charge in [0.25, 0.3) is 0 Å². The summed E-state index contributed by atoms with van der Waals surface area (Å²) in [7, 11) is 2.31. The number of hydrogen-bond acceptors (Lipinski definition) is 5. The van der Waals surface area contributed by atoms with Gasteiger partial charge in [0.15, 0.2) is 5.82 Å². The van der Waals surface area contributed by atoms with Gasteiger partial charge in [-0.05, 0) is 63.9 Å². The third-order valence-electron chi connectivity index (χ3n) is 4.97. The second-order valence-corrected chi connectivity index (χ2v) is 6.43. The minimum atomic E-state index is 0.729. The Kier molecular flexibility index (Phi) is 5.04. The summed E-state index contributed by atoms with van der Waals surface area (Å²) in [6.45, 7) is 5.85. The zero-order valence-corrected chi connectivity index (χ0v) is 13.0. The highest BCUT2D eigenvalue weighted by atomic mass is 15.3. The molecule has 0 aliphatic carbocycles. The molecule has 0 aromatic carbocycles. The average molecular weight is 289 g/mol. The van der Waals surface area contributed by atoms with Crippen LogP contribution in [0.2, 0.25) is 0 Å². The Morgan fingerprint density at radius 3 is 2.67 bits per heavy atom. The first-order valence-corrected chi connectivity index (χ1v) is 8.26. The highest BCUT2D eigenvalue weighted by Gasteiger charge is 2.25. The van der Waals surface area contributed by atoms with Gasteiger partial charge in [0.1, 0.15) is 0 Å². The van der Waals surface area contributed by atoms with E-state index in [1.54, 1.807) is 6.20 Å². The van der Waals surface area contributed by atoms with Gasteiger partial charge in [-0.25, -0.2) is 0 Å². The minimum Gasteiger partial charge on any atom is -0.355 e. The van der Waals surface area contributed by atoms with Crippen LogP contribution in [0.1, 0.15) is 25.7 Å². The molecular formula is C16H27N5. The first-order chi connectivity index (χ1) is 10.3. The fourth-order valence-corrected chi connectivity index (χ4v) is 3.62. The van der Waals surface area contributed by atoms with Crippen molar-refractivity contribution in [2.75, 3.05) is 44.7 Å². The van der Waals surface area contributed by atoms with Gasteiger partial charge in [0.05, 0.1) is 0 Å². The quantitative estimate of drug-likeness (QED) is 0.907. The number of rotatable bonds is 4. The molecule has 0 unspecified atom stereocenters. The third kappa shape index (κ3) is 3.92. The Morgan fingerprint density at radius 1 is 1.24 bits per heavy atom. The normalized spacial score (nSPS) is 21.9. The maximum Gasteiger partial charge on any atom is 0.151 e. The topological polar surface area (TPSA) is 44.3 Å². The fraction of sp³-hybridized carbons (Fsp3) is 0.750. The number of piperidine rings is 2. The van der Waals surface area contributed by atoms with Crippen LogP contribution in [0.4, 0.5) is 5.82 Å². The molecule has 5 nitrogen and oxygen atoms in total. The van der Waals surface area contributed by atoms with Gasteiger partial charge in [0.2, 0.25) is 0 Å². The fourth-order valence-electron chi connectivity index (χ4n) is 3.62. The van der Waals surface area contributed by atoms with Crippen molar-refractivity contribution in [3.63, 3.8) is 0 Å². The van der Waals surface area contributed by atoms with Crippen molar-refractivity contribution in [2.45, 2.75) is 31.7 Å². The van der Waals surface area contributed by atoms with Gasteiger partial charge < -0.3 is 15.1 Å². The molecule has 0 atom stereocenters. The second-order valence-electron chi connectivity index (χ2n) is 6.43. The van der Waals surface area contributed by atoms with Crippen molar-refractivity contribution in [2.24, 2.45) is 5.92 Å². The highest BCUT2D eigenvalue weighted by molar-refractivity contribution is 5.36. The average Bonchev–Trinajstić information content (AvgIpc) is 2.57. The molecule has 2 saturated heterocycles. The van der Waals surface area contributed by atoms with Crippen LogP contribution in [-0.4, -0.2) is 60.9 Å². The standard InChI is InChI=1S/C16H27N5/c1-20(13-14-4-9-17-10-5-14)15-6-11-21(12-7-15)16-3-2-8-18-19-16/h2-3,8,14-15,17H,4-7,9-13H2,1H3. The number of anilines is 1. The molecular weight excluding hydrogens is 262 g/mol. The van der Waals surface area contributed by atoms with E-state index < -0.39 is 0 Å². The molecule has 0 bridgehead atoms. The first-order valence-electron chi connectivity index (χ1n) is 8.26. The van der Waals surface area contributed by atoms with Crippen LogP contribution in [0.3, 0.4) is 0 Å². The van der Waals surface area contributed by atoms with Crippen LogP contribution in [-0.2, 0) is 0 Å². The largest absolute Gasteiger partial charge is 0.355 e. The summed E-state index contributed by atoms with van der Waals surface area (Å²) in [6.07, 6.45) is 6.88. The molecule has 1 aromatic heterocycles. The lowest BCUT2D eigenvalue weighted by molar-refractivity contribution is 0.164. The molecule has 21 heavy (non-hydrogen) atoms. The monoisotopic (exact) mass is 289 g/mol. The van der Waals surface area contributed by atoms with Crippen LogP contribution in [0.5, 0.6) is 0 Å². The van der Waals surface area contributed by atoms with Crippen LogP contribution in [0.25, 0.3) is 0 Å². The van der Waals surface area contributed by atoms with Crippen LogP contribution < -0.4 is 10.2 Å². The molecule has 3 heterocycles. The first kappa shape index (κ1) is 14.7. The molecule has 0 saturated carbocycles. The Hall–Kier alpha value is -1.20. The van der Waals surface area contributed by atoms with Crippen molar-refractivity contribution in [1.29, 1.82) is 0 Å². The molecule has 1 N–H and O–H groups in total. The van der Waals surface area contributed by atoms with Crippen LogP contribution >= 0.6 is 0 Å². The number of aromatic nitrogens is 2. The summed E-state index contributed by atoms with van der Waals surface area (Å²) in [6, 6.07) is 4.76. The lowest BCUT2D eigenvalue weighted by Gasteiger charge is -2.39. The third-order valence-corrected chi connectivity index (χ3v) is 4.97. The van der Waals surface area contributed by atoms with Gasteiger partial charge >= 0.3 is 0 Å². The molecule has 0 spiro atoms. The summed E-state index contributed by atoms with van der Waals surface area (Å²) in [4.78, 5) is 4.96. The number of nitrogens with one attached hydrogen (secondary N) is 1. The SMILES string of the molecule is CN(CC1CCNCC1)C1CCN(c2cccnn2)CC1. The summed E-state index contributed by atoms with van der Waals surface area (Å²) in [5, 5.41) is 11.7. The zero-order valence-electron chi connectivity index (χ0n) is 13.0. The Balaban J connectivity index is 1.46. The van der Waals surface area contributed by atoms with Gasteiger partial charge in [-0.2, -0.15) is 5.10 Å². The summed E-state index contributed by atoms with van der Waals surface area (Å²) in [5.41, 5.74) is 0. The van der Waals surface area contributed by atoms with Crippen molar-refractivity contribution >= 4 is 5.82 Å². The van der Waals surface area contributed by atoms with Gasteiger partial charge in [-0.1, -0.05) is 0 Å². The summed E-state index contributed by atoms with van der Waals surface area (Å²) < 4.78 is 0. The van der Waals surface area contributed by atoms with E-state index in [0.29, 0.717) is 0 Å². The van der Waals surface area contributed by atoms with Crippen LogP contribution in [0, 0.1) is 5.92 Å².